The standard InChI is InChI=1S/C25H32N4O7/c1-15-20(29-25(36-15)17-8-5-10-19(31)22(17)33)24(35)28-13-3-2-11-26-12-6-14-27-23(34)16-7-4-9-18(30)21(16)32/h4-5,7-10,15,20,26,30-33H,2-3,6,11-14H2,1H3,(H,27,34)(H,28,35)/t15?,20-/m0/s1. The number of carbonyl (C=O) groups excluding carboxylic acids is 2. The molecule has 36 heavy (non-hydrogen) atoms. The Morgan fingerprint density at radius 1 is 0.861 bits per heavy atom. The quantitative estimate of drug-likeness (QED) is 0.169. The highest BCUT2D eigenvalue weighted by atomic mass is 16.5. The van der Waals surface area contributed by atoms with Crippen LogP contribution in [0.15, 0.2) is 41.4 Å². The Hall–Kier alpha value is -3.99. The van der Waals surface area contributed by atoms with Crippen LogP contribution in [0.2, 0.25) is 0 Å². The highest BCUT2D eigenvalue weighted by molar-refractivity contribution is 6.01. The third-order valence-electron chi connectivity index (χ3n) is 5.67. The summed E-state index contributed by atoms with van der Waals surface area (Å²) in [6.07, 6.45) is 1.79. The molecule has 2 amide bonds. The maximum Gasteiger partial charge on any atom is 0.255 e. The molecule has 11 nitrogen and oxygen atoms in total. The van der Waals surface area contributed by atoms with Gasteiger partial charge in [-0.3, -0.25) is 9.59 Å². The van der Waals surface area contributed by atoms with Crippen LogP contribution in [0.5, 0.6) is 23.0 Å². The summed E-state index contributed by atoms with van der Waals surface area (Å²) in [5, 5.41) is 47.6. The number of aromatic hydroxyl groups is 4. The van der Waals surface area contributed by atoms with E-state index in [-0.39, 0.29) is 40.2 Å². The van der Waals surface area contributed by atoms with E-state index in [9.17, 15) is 30.0 Å². The maximum absolute atomic E-state index is 12.5. The fourth-order valence-corrected chi connectivity index (χ4v) is 3.65. The molecule has 11 heteroatoms. The second kappa shape index (κ2) is 12.6. The number of phenols is 4. The molecular formula is C25H32N4O7. The molecule has 2 atom stereocenters. The molecule has 2 aromatic rings. The second-order valence-electron chi connectivity index (χ2n) is 8.41. The van der Waals surface area contributed by atoms with Crippen molar-refractivity contribution in [3.8, 4) is 23.0 Å². The Balaban J connectivity index is 1.27. The van der Waals surface area contributed by atoms with Gasteiger partial charge in [0.05, 0.1) is 11.1 Å². The summed E-state index contributed by atoms with van der Waals surface area (Å²) in [7, 11) is 0. The topological polar surface area (TPSA) is 173 Å². The lowest BCUT2D eigenvalue weighted by Crippen LogP contribution is -2.38. The Bertz CT molecular complexity index is 1110. The molecule has 1 unspecified atom stereocenters. The van der Waals surface area contributed by atoms with Crippen LogP contribution in [0.4, 0.5) is 0 Å². The number of ether oxygens (including phenoxy) is 1. The minimum absolute atomic E-state index is 0.0305. The zero-order valence-electron chi connectivity index (χ0n) is 20.0. The molecule has 194 valence electrons. The summed E-state index contributed by atoms with van der Waals surface area (Å²) < 4.78 is 5.62. The first-order chi connectivity index (χ1) is 17.3. The number of phenolic OH excluding ortho intramolecular Hbond substituents is 4. The Morgan fingerprint density at radius 2 is 1.50 bits per heavy atom. The molecule has 3 rings (SSSR count). The first-order valence-electron chi connectivity index (χ1n) is 11.8. The molecule has 0 bridgehead atoms. The van der Waals surface area contributed by atoms with Gasteiger partial charge in [0.15, 0.2) is 29.0 Å². The van der Waals surface area contributed by atoms with E-state index in [0.29, 0.717) is 26.1 Å². The highest BCUT2D eigenvalue weighted by Crippen LogP contribution is 2.31. The zero-order chi connectivity index (χ0) is 26.1. The van der Waals surface area contributed by atoms with E-state index in [1.165, 1.54) is 24.3 Å². The van der Waals surface area contributed by atoms with Crippen molar-refractivity contribution < 1.29 is 34.8 Å². The molecule has 1 heterocycles. The first-order valence-corrected chi connectivity index (χ1v) is 11.8. The van der Waals surface area contributed by atoms with E-state index in [1.807, 2.05) is 0 Å². The summed E-state index contributed by atoms with van der Waals surface area (Å²) in [6.45, 7) is 4.06. The summed E-state index contributed by atoms with van der Waals surface area (Å²) in [5.41, 5.74) is 0.267. The predicted octanol–water partition coefficient (Wildman–Crippen LogP) is 1.35. The third-order valence-corrected chi connectivity index (χ3v) is 5.67. The van der Waals surface area contributed by atoms with Crippen LogP contribution in [0, 0.1) is 0 Å². The van der Waals surface area contributed by atoms with Crippen molar-refractivity contribution in [3.05, 3.63) is 47.5 Å². The van der Waals surface area contributed by atoms with Gasteiger partial charge in [-0.1, -0.05) is 12.1 Å². The van der Waals surface area contributed by atoms with Gasteiger partial charge < -0.3 is 41.1 Å². The molecule has 1 aliphatic rings. The largest absolute Gasteiger partial charge is 0.504 e. The van der Waals surface area contributed by atoms with E-state index in [1.54, 1.807) is 19.1 Å². The third kappa shape index (κ3) is 6.79. The van der Waals surface area contributed by atoms with Gasteiger partial charge in [-0.25, -0.2) is 4.99 Å². The Kier molecular flexibility index (Phi) is 9.34. The number of carbonyl (C=O) groups is 2. The lowest BCUT2D eigenvalue weighted by Gasteiger charge is -2.13. The number of hydrogen-bond donors (Lipinski definition) is 7. The zero-order valence-corrected chi connectivity index (χ0v) is 20.0. The average molecular weight is 501 g/mol. The number of para-hydroxylation sites is 2. The van der Waals surface area contributed by atoms with Crippen molar-refractivity contribution in [2.75, 3.05) is 26.2 Å². The normalized spacial score (nSPS) is 16.8. The van der Waals surface area contributed by atoms with E-state index < -0.39 is 23.8 Å². The second-order valence-corrected chi connectivity index (χ2v) is 8.41. The summed E-state index contributed by atoms with van der Waals surface area (Å²) >= 11 is 0. The van der Waals surface area contributed by atoms with Crippen LogP contribution < -0.4 is 16.0 Å². The van der Waals surface area contributed by atoms with E-state index in [4.69, 9.17) is 4.74 Å². The fourth-order valence-electron chi connectivity index (χ4n) is 3.65. The highest BCUT2D eigenvalue weighted by Gasteiger charge is 2.34. The Morgan fingerprint density at radius 3 is 2.28 bits per heavy atom. The van der Waals surface area contributed by atoms with Gasteiger partial charge in [-0.2, -0.15) is 0 Å². The van der Waals surface area contributed by atoms with Crippen LogP contribution in [0.1, 0.15) is 42.1 Å². The molecule has 2 aromatic carbocycles. The van der Waals surface area contributed by atoms with Crippen LogP contribution >= 0.6 is 0 Å². The van der Waals surface area contributed by atoms with E-state index in [2.05, 4.69) is 20.9 Å². The average Bonchev–Trinajstić information content (AvgIpc) is 3.24. The smallest absolute Gasteiger partial charge is 0.255 e. The molecule has 0 fully saturated rings. The molecule has 0 saturated heterocycles. The van der Waals surface area contributed by atoms with Gasteiger partial charge >= 0.3 is 0 Å². The lowest BCUT2D eigenvalue weighted by molar-refractivity contribution is -0.123. The number of aliphatic imine (C=N–C) groups is 1. The maximum atomic E-state index is 12.5. The van der Waals surface area contributed by atoms with Crippen molar-refractivity contribution in [1.29, 1.82) is 0 Å². The van der Waals surface area contributed by atoms with Crippen molar-refractivity contribution in [2.24, 2.45) is 4.99 Å². The number of hydrogen-bond acceptors (Lipinski definition) is 9. The number of unbranched alkanes of at least 4 members (excludes halogenated alkanes) is 1. The molecule has 0 radical (unpaired) electrons. The van der Waals surface area contributed by atoms with Crippen LogP contribution in [0.3, 0.4) is 0 Å². The number of amides is 2. The molecular weight excluding hydrogens is 468 g/mol. The minimum Gasteiger partial charge on any atom is -0.504 e. The fraction of sp³-hybridized carbons (Fsp3) is 0.400. The molecule has 1 aliphatic heterocycles. The molecule has 0 aliphatic carbocycles. The van der Waals surface area contributed by atoms with Gasteiger partial charge in [0.1, 0.15) is 6.10 Å². The molecule has 0 aromatic heterocycles. The van der Waals surface area contributed by atoms with E-state index >= 15 is 0 Å². The minimum atomic E-state index is -0.739. The monoisotopic (exact) mass is 500 g/mol. The van der Waals surface area contributed by atoms with Crippen LogP contribution in [-0.4, -0.2) is 76.5 Å². The van der Waals surface area contributed by atoms with Gasteiger partial charge in [0, 0.05) is 13.1 Å². The number of nitrogens with zero attached hydrogens (tertiary/aromatic N) is 1. The molecule has 7 N–H and O–H groups in total. The summed E-state index contributed by atoms with van der Waals surface area (Å²) in [6, 6.07) is 7.96. The first kappa shape index (κ1) is 26.6. The molecule has 0 spiro atoms. The summed E-state index contributed by atoms with van der Waals surface area (Å²) in [5.74, 6) is -1.98. The summed E-state index contributed by atoms with van der Waals surface area (Å²) in [4.78, 5) is 28.8. The van der Waals surface area contributed by atoms with Crippen molar-refractivity contribution in [2.45, 2.75) is 38.3 Å². The van der Waals surface area contributed by atoms with Gasteiger partial charge in [-0.15, -0.1) is 0 Å². The SMILES string of the molecule is CC1OC(c2cccc(O)c2O)=N[C@@H]1C(=O)NCCCCNCCCNC(=O)c1cccc(O)c1O. The van der Waals surface area contributed by atoms with Crippen molar-refractivity contribution in [1.82, 2.24) is 16.0 Å². The van der Waals surface area contributed by atoms with Crippen LogP contribution in [-0.2, 0) is 9.53 Å². The van der Waals surface area contributed by atoms with Crippen LogP contribution in [0.25, 0.3) is 0 Å². The number of rotatable bonds is 12. The number of benzene rings is 2. The lowest BCUT2D eigenvalue weighted by atomic mass is 10.1. The van der Waals surface area contributed by atoms with Crippen molar-refractivity contribution in [3.63, 3.8) is 0 Å². The van der Waals surface area contributed by atoms with Gasteiger partial charge in [-0.05, 0) is 63.5 Å². The van der Waals surface area contributed by atoms with Gasteiger partial charge in [0.25, 0.3) is 5.91 Å². The van der Waals surface area contributed by atoms with E-state index in [0.717, 1.165) is 19.4 Å². The van der Waals surface area contributed by atoms with Crippen molar-refractivity contribution >= 4 is 17.7 Å². The molecule has 0 saturated carbocycles. The van der Waals surface area contributed by atoms with Gasteiger partial charge in [0.2, 0.25) is 11.8 Å². The Labute approximate surface area is 208 Å². The predicted molar refractivity (Wildman–Crippen MR) is 132 cm³/mol. The number of nitrogens with one attached hydrogen (secondary N) is 3.